The molecule has 0 radical (unpaired) electrons. The highest BCUT2D eigenvalue weighted by molar-refractivity contribution is 8.00. The molecule has 2 aromatic carbocycles. The zero-order chi connectivity index (χ0) is 26.8. The van der Waals surface area contributed by atoms with Crippen LogP contribution in [-0.2, 0) is 14.4 Å². The van der Waals surface area contributed by atoms with Crippen LogP contribution in [0.5, 0.6) is 5.75 Å². The maximum atomic E-state index is 13.7. The summed E-state index contributed by atoms with van der Waals surface area (Å²) in [6.07, 6.45) is 0.902. The number of rotatable bonds is 6. The summed E-state index contributed by atoms with van der Waals surface area (Å²) >= 11 is 2.92. The minimum absolute atomic E-state index is 0.0225. The van der Waals surface area contributed by atoms with Crippen LogP contribution in [0.4, 0.5) is 5.69 Å². The Bertz CT molecular complexity index is 1520. The molecule has 2 bridgehead atoms. The van der Waals surface area contributed by atoms with Gasteiger partial charge in [0, 0.05) is 34.7 Å². The Morgan fingerprint density at radius 1 is 1.03 bits per heavy atom. The molecule has 1 saturated heterocycles. The topological polar surface area (TPSA) is 109 Å². The molecule has 3 aromatic rings. The number of benzene rings is 2. The molecular formula is C29H27N3O5S2. The van der Waals surface area contributed by atoms with E-state index in [1.165, 1.54) is 16.2 Å². The number of fused-ring (bicyclic) bond motifs is 9. The predicted molar refractivity (Wildman–Crippen MR) is 148 cm³/mol. The van der Waals surface area contributed by atoms with E-state index < -0.39 is 0 Å². The van der Waals surface area contributed by atoms with Gasteiger partial charge in [-0.05, 0) is 54.0 Å². The number of hydrogen-bond donors (Lipinski definition) is 2. The first-order valence-corrected chi connectivity index (χ1v) is 14.9. The van der Waals surface area contributed by atoms with E-state index in [4.69, 9.17) is 4.74 Å². The quantitative estimate of drug-likeness (QED) is 0.442. The number of thiazole rings is 1. The average Bonchev–Trinajstić information content (AvgIpc) is 3.67. The van der Waals surface area contributed by atoms with E-state index in [1.807, 2.05) is 42.5 Å². The highest BCUT2D eigenvalue weighted by Crippen LogP contribution is 2.68. The fourth-order valence-electron chi connectivity index (χ4n) is 7.44. The normalized spacial score (nSPS) is 30.2. The van der Waals surface area contributed by atoms with E-state index in [0.29, 0.717) is 5.69 Å². The van der Waals surface area contributed by atoms with E-state index >= 15 is 0 Å². The first-order valence-electron chi connectivity index (χ1n) is 13.2. The number of nitrogens with one attached hydrogen (secondary N) is 2. The van der Waals surface area contributed by atoms with Crippen molar-refractivity contribution in [3.8, 4) is 5.75 Å². The van der Waals surface area contributed by atoms with Crippen molar-refractivity contribution < 1.29 is 19.1 Å². The molecule has 2 aliphatic heterocycles. The number of methoxy groups -OCH3 is 1. The van der Waals surface area contributed by atoms with Gasteiger partial charge >= 0.3 is 4.87 Å². The number of H-pyrrole nitrogens is 1. The van der Waals surface area contributed by atoms with Gasteiger partial charge in [0.1, 0.15) is 5.75 Å². The number of nitrogens with zero attached hydrogens (tertiary/aromatic N) is 1. The standard InChI is InChI=1S/C29H27N3O5S2/c1-37-16-9-7-14(8-10-16)20-21-17-13-18(24(21)38-26-25(20)39-29(36)31-26)23-22(17)27(34)32(28(23)35)12-11-19(33)30-15-5-3-2-4-6-15/h2-10,17-18,20-24H,11-13H2,1H3,(H,30,33)(H,31,36). The van der Waals surface area contributed by atoms with Crippen LogP contribution >= 0.6 is 23.1 Å². The zero-order valence-corrected chi connectivity index (χ0v) is 22.8. The summed E-state index contributed by atoms with van der Waals surface area (Å²) in [6, 6.07) is 17.1. The second kappa shape index (κ2) is 9.38. The average molecular weight is 562 g/mol. The SMILES string of the molecule is COc1ccc(C2c3sc(=O)[nH]c3SC3C4CC(C5C(=O)N(CCC(=O)Nc6ccccc6)C(=O)C45)C23)cc1. The molecule has 3 fully saturated rings. The van der Waals surface area contributed by atoms with Crippen LogP contribution in [0, 0.1) is 29.6 Å². The van der Waals surface area contributed by atoms with Gasteiger partial charge in [0.05, 0.1) is 24.0 Å². The molecule has 2 N–H and O–H groups in total. The number of aromatic amines is 1. The lowest BCUT2D eigenvalue weighted by Crippen LogP contribution is -2.42. The van der Waals surface area contributed by atoms with Crippen LogP contribution < -0.4 is 14.9 Å². The Morgan fingerprint density at radius 3 is 2.46 bits per heavy atom. The van der Waals surface area contributed by atoms with Gasteiger partial charge in [0.15, 0.2) is 0 Å². The third-order valence-electron chi connectivity index (χ3n) is 8.91. The van der Waals surface area contributed by atoms with Crippen molar-refractivity contribution in [1.82, 2.24) is 9.88 Å². The smallest absolute Gasteiger partial charge is 0.305 e. The number of aromatic nitrogens is 1. The molecule has 4 aliphatic rings. The number of para-hydroxylation sites is 1. The van der Waals surface area contributed by atoms with Crippen LogP contribution in [-0.4, -0.2) is 46.5 Å². The monoisotopic (exact) mass is 561 g/mol. The lowest BCUT2D eigenvalue weighted by molar-refractivity contribution is -0.141. The second-order valence-electron chi connectivity index (χ2n) is 10.7. The van der Waals surface area contributed by atoms with Crippen molar-refractivity contribution in [2.45, 2.75) is 29.0 Å². The molecule has 2 aliphatic carbocycles. The molecule has 200 valence electrons. The molecule has 3 amide bonds. The molecular weight excluding hydrogens is 534 g/mol. The summed E-state index contributed by atoms with van der Waals surface area (Å²) in [6.45, 7) is 0.0911. The number of imide groups is 1. The van der Waals surface area contributed by atoms with Crippen molar-refractivity contribution in [3.63, 3.8) is 0 Å². The van der Waals surface area contributed by atoms with Crippen molar-refractivity contribution in [3.05, 3.63) is 74.7 Å². The Morgan fingerprint density at radius 2 is 1.74 bits per heavy atom. The Balaban J connectivity index is 1.15. The van der Waals surface area contributed by atoms with Crippen molar-refractivity contribution >= 4 is 46.5 Å². The molecule has 7 atom stereocenters. The molecule has 8 nitrogen and oxygen atoms in total. The molecule has 2 saturated carbocycles. The predicted octanol–water partition coefficient (Wildman–Crippen LogP) is 3.95. The number of ether oxygens (including phenoxy) is 1. The molecule has 3 heterocycles. The number of amides is 3. The Labute approximate surface area is 233 Å². The Hall–Kier alpha value is -3.37. The van der Waals surface area contributed by atoms with Gasteiger partial charge in [-0.25, -0.2) is 0 Å². The van der Waals surface area contributed by atoms with Crippen LogP contribution in [0.3, 0.4) is 0 Å². The third kappa shape index (κ3) is 3.87. The summed E-state index contributed by atoms with van der Waals surface area (Å²) in [7, 11) is 1.63. The number of carbonyl (C=O) groups is 3. The van der Waals surface area contributed by atoms with Crippen LogP contribution in [0.1, 0.15) is 29.2 Å². The maximum absolute atomic E-state index is 13.7. The van der Waals surface area contributed by atoms with Crippen LogP contribution in [0.2, 0.25) is 0 Å². The summed E-state index contributed by atoms with van der Waals surface area (Å²) in [5.74, 6) is -0.224. The number of anilines is 1. The number of hydrogen-bond acceptors (Lipinski definition) is 7. The summed E-state index contributed by atoms with van der Waals surface area (Å²) < 4.78 is 5.36. The summed E-state index contributed by atoms with van der Waals surface area (Å²) in [5.41, 5.74) is 1.78. The minimum Gasteiger partial charge on any atom is -0.497 e. The van der Waals surface area contributed by atoms with Crippen LogP contribution in [0.25, 0.3) is 0 Å². The maximum Gasteiger partial charge on any atom is 0.305 e. The van der Waals surface area contributed by atoms with Crippen molar-refractivity contribution in [2.24, 2.45) is 29.6 Å². The number of carbonyl (C=O) groups excluding carboxylic acids is 3. The lowest BCUT2D eigenvalue weighted by Gasteiger charge is -2.43. The molecule has 0 spiro atoms. The fraction of sp³-hybridized carbons (Fsp3) is 0.379. The summed E-state index contributed by atoms with van der Waals surface area (Å²) in [5, 5.41) is 3.86. The van der Waals surface area contributed by atoms with Crippen LogP contribution in [0.15, 0.2) is 64.4 Å². The molecule has 7 rings (SSSR count). The van der Waals surface area contributed by atoms with Crippen molar-refractivity contribution in [1.29, 1.82) is 0 Å². The number of likely N-dealkylation sites (tertiary alicyclic amines) is 1. The third-order valence-corrected chi connectivity index (χ3v) is 11.5. The lowest BCUT2D eigenvalue weighted by atomic mass is 9.68. The highest BCUT2D eigenvalue weighted by Gasteiger charge is 2.69. The van der Waals surface area contributed by atoms with E-state index in [9.17, 15) is 19.2 Å². The van der Waals surface area contributed by atoms with Gasteiger partial charge in [-0.3, -0.25) is 24.1 Å². The van der Waals surface area contributed by atoms with Gasteiger partial charge < -0.3 is 15.0 Å². The van der Waals surface area contributed by atoms with Gasteiger partial charge in [-0.1, -0.05) is 41.7 Å². The van der Waals surface area contributed by atoms with Gasteiger partial charge in [0.2, 0.25) is 17.7 Å². The first kappa shape index (κ1) is 24.7. The van der Waals surface area contributed by atoms with Gasteiger partial charge in [-0.2, -0.15) is 0 Å². The molecule has 1 aromatic heterocycles. The molecule has 39 heavy (non-hydrogen) atoms. The second-order valence-corrected chi connectivity index (χ2v) is 12.9. The van der Waals surface area contributed by atoms with E-state index in [0.717, 1.165) is 27.6 Å². The van der Waals surface area contributed by atoms with Crippen molar-refractivity contribution in [2.75, 3.05) is 19.0 Å². The largest absolute Gasteiger partial charge is 0.497 e. The minimum atomic E-state index is -0.362. The Kier molecular flexibility index (Phi) is 5.93. The van der Waals surface area contributed by atoms with E-state index in [1.54, 1.807) is 31.0 Å². The molecule has 10 heteroatoms. The van der Waals surface area contributed by atoms with E-state index in [2.05, 4.69) is 10.3 Å². The number of thioether (sulfide) groups is 1. The van der Waals surface area contributed by atoms with Gasteiger partial charge in [-0.15, -0.1) is 11.8 Å². The fourth-order valence-corrected chi connectivity index (χ4v) is 10.3. The van der Waals surface area contributed by atoms with E-state index in [-0.39, 0.29) is 76.3 Å². The molecule has 7 unspecified atom stereocenters. The zero-order valence-electron chi connectivity index (χ0n) is 21.2. The summed E-state index contributed by atoms with van der Waals surface area (Å²) in [4.78, 5) is 57.6. The first-order chi connectivity index (χ1) is 18.9. The van der Waals surface area contributed by atoms with Gasteiger partial charge in [0.25, 0.3) is 0 Å². The highest BCUT2D eigenvalue weighted by atomic mass is 32.2.